The molecule has 0 unspecified atom stereocenters. The van der Waals surface area contributed by atoms with E-state index in [9.17, 15) is 4.57 Å². The van der Waals surface area contributed by atoms with Crippen LogP contribution in [0.25, 0.3) is 6.08 Å². The Morgan fingerprint density at radius 3 is 2.38 bits per heavy atom. The molecule has 1 rings (SSSR count). The molecule has 0 heterocycles. The molecule has 2 N–H and O–H groups in total. The summed E-state index contributed by atoms with van der Waals surface area (Å²) < 4.78 is 10.5. The van der Waals surface area contributed by atoms with E-state index in [0.29, 0.717) is 0 Å². The zero-order valence-corrected chi connectivity index (χ0v) is 7.89. The first-order valence-electron chi connectivity index (χ1n) is 3.84. The van der Waals surface area contributed by atoms with E-state index in [-0.39, 0.29) is 6.16 Å². The van der Waals surface area contributed by atoms with E-state index in [1.54, 1.807) is 6.08 Å². The molecule has 0 bridgehead atoms. The lowest BCUT2D eigenvalue weighted by Crippen LogP contribution is -1.81. The lowest BCUT2D eigenvalue weighted by atomic mass is 10.2. The van der Waals surface area contributed by atoms with E-state index < -0.39 is 7.60 Å². The second kappa shape index (κ2) is 4.38. The second-order valence-corrected chi connectivity index (χ2v) is 4.35. The van der Waals surface area contributed by atoms with Crippen LogP contribution in [0.4, 0.5) is 0 Å². The molecule has 0 aliphatic carbocycles. The highest BCUT2D eigenvalue weighted by molar-refractivity contribution is 7.51. The van der Waals surface area contributed by atoms with Gasteiger partial charge in [0.05, 0.1) is 6.16 Å². The fourth-order valence-electron chi connectivity index (χ4n) is 0.890. The van der Waals surface area contributed by atoms with Gasteiger partial charge in [0, 0.05) is 0 Å². The first-order valence-corrected chi connectivity index (χ1v) is 5.64. The molecule has 70 valence electrons. The van der Waals surface area contributed by atoms with Crippen LogP contribution in [-0.2, 0) is 4.57 Å². The van der Waals surface area contributed by atoms with Crippen molar-refractivity contribution in [2.24, 2.45) is 0 Å². The Morgan fingerprint density at radius 2 is 1.85 bits per heavy atom. The Hall–Kier alpha value is -0.890. The largest absolute Gasteiger partial charge is 0.329 e. The summed E-state index contributed by atoms with van der Waals surface area (Å²) in [6.45, 7) is 0. The van der Waals surface area contributed by atoms with Crippen molar-refractivity contribution < 1.29 is 14.4 Å². The summed E-state index contributed by atoms with van der Waals surface area (Å²) in [6, 6.07) is 9.38. The molecule has 0 aromatic heterocycles. The normalized spacial score (nSPS) is 12.2. The Kier molecular flexibility index (Phi) is 3.43. The SMILES string of the molecule is O=P(O)(O)CC=Cc1ccccc1. The van der Waals surface area contributed by atoms with Crippen molar-refractivity contribution >= 4 is 13.7 Å². The molecule has 1 aromatic carbocycles. The Labute approximate surface area is 76.9 Å². The fourth-order valence-corrected chi connectivity index (χ4v) is 1.27. The molecule has 13 heavy (non-hydrogen) atoms. The van der Waals surface area contributed by atoms with Gasteiger partial charge in [-0.3, -0.25) is 4.57 Å². The van der Waals surface area contributed by atoms with Crippen molar-refractivity contribution in [1.29, 1.82) is 0 Å². The maximum atomic E-state index is 10.5. The van der Waals surface area contributed by atoms with Gasteiger partial charge in [0.15, 0.2) is 0 Å². The third-order valence-corrected chi connectivity index (χ3v) is 2.14. The molecule has 0 spiro atoms. The molecular weight excluding hydrogens is 187 g/mol. The topological polar surface area (TPSA) is 57.5 Å². The molecule has 0 radical (unpaired) electrons. The Balaban J connectivity index is 2.56. The van der Waals surface area contributed by atoms with Gasteiger partial charge in [-0.15, -0.1) is 0 Å². The van der Waals surface area contributed by atoms with Crippen molar-refractivity contribution in [1.82, 2.24) is 0 Å². The average molecular weight is 198 g/mol. The quantitative estimate of drug-likeness (QED) is 0.729. The smallest absolute Gasteiger partial charge is 0.324 e. The van der Waals surface area contributed by atoms with Crippen LogP contribution in [0.15, 0.2) is 36.4 Å². The molecule has 1 aromatic rings. The van der Waals surface area contributed by atoms with E-state index in [1.165, 1.54) is 6.08 Å². The monoisotopic (exact) mass is 198 g/mol. The van der Waals surface area contributed by atoms with Crippen LogP contribution < -0.4 is 0 Å². The van der Waals surface area contributed by atoms with E-state index >= 15 is 0 Å². The summed E-state index contributed by atoms with van der Waals surface area (Å²) >= 11 is 0. The minimum Gasteiger partial charge on any atom is -0.324 e. The summed E-state index contributed by atoms with van der Waals surface area (Å²) in [5.74, 6) is 0. The van der Waals surface area contributed by atoms with Crippen LogP contribution >= 0.6 is 7.60 Å². The van der Waals surface area contributed by atoms with E-state index in [2.05, 4.69) is 0 Å². The van der Waals surface area contributed by atoms with Gasteiger partial charge in [-0.05, 0) is 5.56 Å². The Bertz CT molecular complexity index is 326. The summed E-state index contributed by atoms with van der Waals surface area (Å²) in [5.41, 5.74) is 0.941. The molecule has 4 heteroatoms. The number of rotatable bonds is 3. The van der Waals surface area contributed by atoms with Crippen LogP contribution in [-0.4, -0.2) is 15.9 Å². The van der Waals surface area contributed by atoms with Gasteiger partial charge in [0.1, 0.15) is 0 Å². The van der Waals surface area contributed by atoms with Crippen LogP contribution in [0.2, 0.25) is 0 Å². The van der Waals surface area contributed by atoms with Crippen molar-refractivity contribution in [2.75, 3.05) is 6.16 Å². The molecule has 0 aliphatic rings. The highest BCUT2D eigenvalue weighted by Crippen LogP contribution is 2.34. The minimum atomic E-state index is -3.89. The third-order valence-electron chi connectivity index (χ3n) is 1.45. The predicted molar refractivity (Wildman–Crippen MR) is 52.4 cm³/mol. The zero-order chi connectivity index (χ0) is 9.73. The fraction of sp³-hybridized carbons (Fsp3) is 0.111. The number of benzene rings is 1. The minimum absolute atomic E-state index is 0.206. The number of allylic oxidation sites excluding steroid dienone is 1. The molecular formula is C9H11O3P. The molecule has 0 fully saturated rings. The number of hydrogen-bond donors (Lipinski definition) is 2. The average Bonchev–Trinajstić information content (AvgIpc) is 2.04. The van der Waals surface area contributed by atoms with Crippen LogP contribution in [0.3, 0.4) is 0 Å². The lowest BCUT2D eigenvalue weighted by molar-refractivity contribution is 0.377. The summed E-state index contributed by atoms with van der Waals surface area (Å²) in [6.07, 6.45) is 2.97. The van der Waals surface area contributed by atoms with Crippen LogP contribution in [0.5, 0.6) is 0 Å². The third kappa shape index (κ3) is 4.63. The van der Waals surface area contributed by atoms with Gasteiger partial charge in [-0.2, -0.15) is 0 Å². The van der Waals surface area contributed by atoms with Gasteiger partial charge in [-0.1, -0.05) is 42.5 Å². The molecule has 3 nitrogen and oxygen atoms in total. The van der Waals surface area contributed by atoms with Crippen LogP contribution in [0.1, 0.15) is 5.56 Å². The highest BCUT2D eigenvalue weighted by Gasteiger charge is 2.08. The van der Waals surface area contributed by atoms with Crippen molar-refractivity contribution in [3.05, 3.63) is 42.0 Å². The lowest BCUT2D eigenvalue weighted by Gasteiger charge is -1.96. The molecule has 0 amide bonds. The molecule has 0 saturated heterocycles. The number of hydrogen-bond acceptors (Lipinski definition) is 1. The van der Waals surface area contributed by atoms with Gasteiger partial charge in [0.25, 0.3) is 0 Å². The molecule has 0 atom stereocenters. The summed E-state index contributed by atoms with van der Waals surface area (Å²) in [4.78, 5) is 17.1. The van der Waals surface area contributed by atoms with Crippen molar-refractivity contribution in [2.45, 2.75) is 0 Å². The van der Waals surface area contributed by atoms with Gasteiger partial charge in [0.2, 0.25) is 0 Å². The van der Waals surface area contributed by atoms with Crippen LogP contribution in [0, 0.1) is 0 Å². The maximum Gasteiger partial charge on any atom is 0.329 e. The van der Waals surface area contributed by atoms with Gasteiger partial charge >= 0.3 is 7.60 Å². The first kappa shape index (κ1) is 10.2. The maximum absolute atomic E-state index is 10.5. The van der Waals surface area contributed by atoms with Gasteiger partial charge < -0.3 is 9.79 Å². The second-order valence-electron chi connectivity index (χ2n) is 2.66. The van der Waals surface area contributed by atoms with Crippen molar-refractivity contribution in [3.63, 3.8) is 0 Å². The van der Waals surface area contributed by atoms with Crippen molar-refractivity contribution in [3.8, 4) is 0 Å². The predicted octanol–water partition coefficient (Wildman–Crippen LogP) is 1.88. The standard InChI is InChI=1S/C9H11O3P/c10-13(11,12)8-4-7-9-5-2-1-3-6-9/h1-7H,8H2,(H2,10,11,12). The summed E-state index contributed by atoms with van der Waals surface area (Å²) in [7, 11) is -3.89. The Morgan fingerprint density at radius 1 is 1.23 bits per heavy atom. The van der Waals surface area contributed by atoms with E-state index in [4.69, 9.17) is 9.79 Å². The van der Waals surface area contributed by atoms with Gasteiger partial charge in [-0.25, -0.2) is 0 Å². The molecule has 0 saturated carbocycles. The summed E-state index contributed by atoms with van der Waals surface area (Å²) in [5, 5.41) is 0. The molecule has 0 aliphatic heterocycles. The van der Waals surface area contributed by atoms with E-state index in [0.717, 1.165) is 5.56 Å². The van der Waals surface area contributed by atoms with E-state index in [1.807, 2.05) is 30.3 Å². The first-order chi connectivity index (χ1) is 6.08. The highest BCUT2D eigenvalue weighted by atomic mass is 31.2. The zero-order valence-electron chi connectivity index (χ0n) is 7.00.